The Morgan fingerprint density at radius 2 is 1.97 bits per heavy atom. The van der Waals surface area contributed by atoms with Crippen LogP contribution in [0.5, 0.6) is 5.75 Å². The number of rotatable bonds is 6. The van der Waals surface area contributed by atoms with E-state index in [1.165, 1.54) is 0 Å². The minimum Gasteiger partial charge on any atom is -0.489 e. The van der Waals surface area contributed by atoms with Crippen LogP contribution in [0.2, 0.25) is 0 Å². The molecular weight excluding hydrogens is 368 g/mol. The van der Waals surface area contributed by atoms with Crippen LogP contribution in [-0.4, -0.2) is 20.9 Å². The lowest BCUT2D eigenvalue weighted by atomic mass is 10.1. The van der Waals surface area contributed by atoms with Crippen LogP contribution in [0.4, 0.5) is 0 Å². The Labute approximate surface area is 166 Å². The summed E-state index contributed by atoms with van der Waals surface area (Å²) in [6, 6.07) is 16.2. The molecule has 0 aliphatic heterocycles. The van der Waals surface area contributed by atoms with Crippen molar-refractivity contribution in [1.82, 2.24) is 20.3 Å². The van der Waals surface area contributed by atoms with E-state index < -0.39 is 0 Å². The van der Waals surface area contributed by atoms with E-state index in [2.05, 4.69) is 20.3 Å². The zero-order chi connectivity index (χ0) is 20.2. The molecule has 2 aromatic heterocycles. The van der Waals surface area contributed by atoms with E-state index in [0.29, 0.717) is 23.4 Å². The third-order valence-electron chi connectivity index (χ3n) is 4.61. The Balaban J connectivity index is 1.43. The van der Waals surface area contributed by atoms with E-state index in [1.54, 1.807) is 30.6 Å². The van der Waals surface area contributed by atoms with Gasteiger partial charge in [-0.05, 0) is 48.9 Å². The largest absolute Gasteiger partial charge is 0.489 e. The molecule has 7 heteroatoms. The molecule has 0 aliphatic carbocycles. The summed E-state index contributed by atoms with van der Waals surface area (Å²) >= 11 is 0. The maximum Gasteiger partial charge on any atom is 0.323 e. The van der Waals surface area contributed by atoms with Gasteiger partial charge in [0.25, 0.3) is 5.91 Å². The summed E-state index contributed by atoms with van der Waals surface area (Å²) in [5.41, 5.74) is 3.54. The summed E-state index contributed by atoms with van der Waals surface area (Å²) in [4.78, 5) is 33.6. The molecule has 4 rings (SSSR count). The van der Waals surface area contributed by atoms with Crippen molar-refractivity contribution in [3.8, 4) is 5.75 Å². The van der Waals surface area contributed by atoms with E-state index in [0.717, 1.165) is 16.6 Å². The second-order valence-corrected chi connectivity index (χ2v) is 6.76. The van der Waals surface area contributed by atoms with Crippen molar-refractivity contribution in [2.75, 3.05) is 0 Å². The highest BCUT2D eigenvalue weighted by Crippen LogP contribution is 2.19. The van der Waals surface area contributed by atoms with E-state index in [-0.39, 0.29) is 17.6 Å². The SMILES string of the molecule is CC(NC(=O)c1cccc(OCc2cccnc2)c1)c1ccc2[nH]c(=O)[nH]c2c1. The maximum atomic E-state index is 12.7. The number of aromatic amines is 2. The average molecular weight is 388 g/mol. The number of hydrogen-bond acceptors (Lipinski definition) is 4. The van der Waals surface area contributed by atoms with Crippen LogP contribution in [0.25, 0.3) is 11.0 Å². The van der Waals surface area contributed by atoms with E-state index in [9.17, 15) is 9.59 Å². The molecule has 2 aromatic carbocycles. The normalized spacial score (nSPS) is 11.9. The minimum atomic E-state index is -0.253. The highest BCUT2D eigenvalue weighted by Gasteiger charge is 2.13. The number of nitrogens with one attached hydrogen (secondary N) is 3. The van der Waals surface area contributed by atoms with Gasteiger partial charge in [-0.1, -0.05) is 18.2 Å². The predicted octanol–water partition coefficient (Wildman–Crippen LogP) is 3.32. The molecule has 146 valence electrons. The number of benzene rings is 2. The molecule has 0 aliphatic rings. The van der Waals surface area contributed by atoms with Crippen molar-refractivity contribution < 1.29 is 9.53 Å². The van der Waals surface area contributed by atoms with Crippen LogP contribution in [-0.2, 0) is 6.61 Å². The number of carbonyl (C=O) groups is 1. The van der Waals surface area contributed by atoms with Gasteiger partial charge in [-0.25, -0.2) is 4.79 Å². The molecule has 0 fully saturated rings. The smallest absolute Gasteiger partial charge is 0.323 e. The van der Waals surface area contributed by atoms with Crippen LogP contribution in [0.15, 0.2) is 71.8 Å². The number of fused-ring (bicyclic) bond motifs is 1. The Hall–Kier alpha value is -3.87. The quantitative estimate of drug-likeness (QED) is 0.472. The molecule has 1 atom stereocenters. The van der Waals surface area contributed by atoms with Gasteiger partial charge in [0.1, 0.15) is 12.4 Å². The number of ether oxygens (including phenoxy) is 1. The van der Waals surface area contributed by atoms with Crippen LogP contribution >= 0.6 is 0 Å². The van der Waals surface area contributed by atoms with Crippen LogP contribution < -0.4 is 15.7 Å². The molecule has 1 unspecified atom stereocenters. The van der Waals surface area contributed by atoms with Crippen LogP contribution in [0, 0.1) is 0 Å². The molecular formula is C22H20N4O3. The fourth-order valence-electron chi connectivity index (χ4n) is 3.06. The van der Waals surface area contributed by atoms with Gasteiger partial charge in [0.05, 0.1) is 17.1 Å². The van der Waals surface area contributed by atoms with Gasteiger partial charge >= 0.3 is 5.69 Å². The molecule has 3 N–H and O–H groups in total. The summed E-state index contributed by atoms with van der Waals surface area (Å²) in [5, 5.41) is 2.98. The first-order valence-electron chi connectivity index (χ1n) is 9.23. The number of imidazole rings is 1. The highest BCUT2D eigenvalue weighted by molar-refractivity contribution is 5.94. The van der Waals surface area contributed by atoms with Gasteiger partial charge in [0.15, 0.2) is 0 Å². The first-order chi connectivity index (χ1) is 14.1. The molecule has 29 heavy (non-hydrogen) atoms. The Morgan fingerprint density at radius 3 is 2.79 bits per heavy atom. The van der Waals surface area contributed by atoms with Gasteiger partial charge in [-0.3, -0.25) is 9.78 Å². The van der Waals surface area contributed by atoms with Gasteiger partial charge in [0.2, 0.25) is 0 Å². The van der Waals surface area contributed by atoms with E-state index in [1.807, 2.05) is 43.3 Å². The number of nitrogens with zero attached hydrogens (tertiary/aromatic N) is 1. The Bertz CT molecular complexity index is 1200. The second-order valence-electron chi connectivity index (χ2n) is 6.76. The van der Waals surface area contributed by atoms with Crippen LogP contribution in [0.3, 0.4) is 0 Å². The van der Waals surface area contributed by atoms with Gasteiger partial charge < -0.3 is 20.0 Å². The van der Waals surface area contributed by atoms with Crippen molar-refractivity contribution in [2.45, 2.75) is 19.6 Å². The second kappa shape index (κ2) is 8.02. The highest BCUT2D eigenvalue weighted by atomic mass is 16.5. The number of H-pyrrole nitrogens is 2. The number of hydrogen-bond donors (Lipinski definition) is 3. The predicted molar refractivity (Wildman–Crippen MR) is 110 cm³/mol. The zero-order valence-corrected chi connectivity index (χ0v) is 15.8. The fourth-order valence-corrected chi connectivity index (χ4v) is 3.06. The monoisotopic (exact) mass is 388 g/mol. The number of pyridine rings is 1. The van der Waals surface area contributed by atoms with Gasteiger partial charge in [-0.15, -0.1) is 0 Å². The third kappa shape index (κ3) is 4.35. The lowest BCUT2D eigenvalue weighted by Crippen LogP contribution is -2.26. The minimum absolute atomic E-state index is 0.202. The molecule has 0 bridgehead atoms. The summed E-state index contributed by atoms with van der Waals surface area (Å²) in [6.45, 7) is 2.27. The first-order valence-corrected chi connectivity index (χ1v) is 9.23. The first kappa shape index (κ1) is 18.5. The summed E-state index contributed by atoms with van der Waals surface area (Å²) < 4.78 is 5.77. The topological polar surface area (TPSA) is 99.9 Å². The molecule has 0 radical (unpaired) electrons. The number of carbonyl (C=O) groups excluding carboxylic acids is 1. The average Bonchev–Trinajstić information content (AvgIpc) is 3.12. The lowest BCUT2D eigenvalue weighted by molar-refractivity contribution is 0.0939. The van der Waals surface area contributed by atoms with Crippen LogP contribution in [0.1, 0.15) is 34.5 Å². The molecule has 7 nitrogen and oxygen atoms in total. The van der Waals surface area contributed by atoms with Crippen molar-refractivity contribution in [3.63, 3.8) is 0 Å². The summed E-state index contributed by atoms with van der Waals surface area (Å²) in [7, 11) is 0. The van der Waals surface area contributed by atoms with Gasteiger partial charge in [-0.2, -0.15) is 0 Å². The van der Waals surface area contributed by atoms with Gasteiger partial charge in [0, 0.05) is 23.5 Å². The molecule has 4 aromatic rings. The lowest BCUT2D eigenvalue weighted by Gasteiger charge is -2.15. The van der Waals surface area contributed by atoms with E-state index in [4.69, 9.17) is 4.74 Å². The van der Waals surface area contributed by atoms with E-state index >= 15 is 0 Å². The Kier molecular flexibility index (Phi) is 5.11. The van der Waals surface area contributed by atoms with Crippen molar-refractivity contribution in [1.29, 1.82) is 0 Å². The zero-order valence-electron chi connectivity index (χ0n) is 15.8. The van der Waals surface area contributed by atoms with Crippen molar-refractivity contribution in [2.24, 2.45) is 0 Å². The fraction of sp³-hybridized carbons (Fsp3) is 0.136. The molecule has 2 heterocycles. The summed E-state index contributed by atoms with van der Waals surface area (Å²) in [6.07, 6.45) is 3.45. The molecule has 1 amide bonds. The number of amides is 1. The molecule has 0 saturated carbocycles. The summed E-state index contributed by atoms with van der Waals surface area (Å²) in [5.74, 6) is 0.410. The molecule has 0 saturated heterocycles. The molecule has 0 spiro atoms. The van der Waals surface area contributed by atoms with Crippen molar-refractivity contribution >= 4 is 16.9 Å². The standard InChI is InChI=1S/C22H20N4O3/c1-14(16-7-8-19-20(11-16)26-22(28)25-19)24-21(27)17-5-2-6-18(10-17)29-13-15-4-3-9-23-12-15/h2-12,14H,13H2,1H3,(H,24,27)(H2,25,26,28). The Morgan fingerprint density at radius 1 is 1.10 bits per heavy atom. The maximum absolute atomic E-state index is 12.7. The van der Waals surface area contributed by atoms with Crippen molar-refractivity contribution in [3.05, 3.63) is 94.2 Å². The number of aromatic nitrogens is 3. The third-order valence-corrected chi connectivity index (χ3v) is 4.61.